The molecule has 0 spiro atoms. The lowest BCUT2D eigenvalue weighted by Gasteiger charge is -2.17. The van der Waals surface area contributed by atoms with Crippen LogP contribution in [0, 0.1) is 5.82 Å². The minimum Gasteiger partial charge on any atom is -0.507 e. The summed E-state index contributed by atoms with van der Waals surface area (Å²) in [4.78, 5) is 3.32. The van der Waals surface area contributed by atoms with Gasteiger partial charge in [-0.15, -0.1) is 0 Å². The van der Waals surface area contributed by atoms with Crippen LogP contribution in [0.5, 0.6) is 5.75 Å². The smallest absolute Gasteiger partial charge is 0.433 e. The van der Waals surface area contributed by atoms with Crippen molar-refractivity contribution < 1.29 is 22.7 Å². The van der Waals surface area contributed by atoms with Gasteiger partial charge in [0.15, 0.2) is 0 Å². The number of hydrogen-bond donors (Lipinski definition) is 2. The van der Waals surface area contributed by atoms with E-state index in [0.717, 1.165) is 18.3 Å². The first-order valence-electron chi connectivity index (χ1n) is 6.05. The number of nitrogens with zero attached hydrogens (tertiary/aromatic N) is 1. The van der Waals surface area contributed by atoms with Crippen LogP contribution in [0.15, 0.2) is 36.5 Å². The second-order valence-corrected chi connectivity index (χ2v) is 4.50. The number of hydrogen-bond acceptors (Lipinski definition) is 3. The molecule has 1 aromatic carbocycles. The van der Waals surface area contributed by atoms with Crippen molar-refractivity contribution in [2.75, 3.05) is 5.32 Å². The summed E-state index contributed by atoms with van der Waals surface area (Å²) in [6.45, 7) is 1.69. The molecule has 21 heavy (non-hydrogen) atoms. The first-order chi connectivity index (χ1) is 9.77. The number of nitrogens with one attached hydrogen (secondary N) is 1. The average Bonchev–Trinajstić information content (AvgIpc) is 2.38. The number of alkyl halides is 3. The fourth-order valence-corrected chi connectivity index (χ4v) is 1.86. The lowest BCUT2D eigenvalue weighted by atomic mass is 10.1. The lowest BCUT2D eigenvalue weighted by Crippen LogP contribution is -2.10. The Labute approximate surface area is 118 Å². The maximum atomic E-state index is 12.9. The van der Waals surface area contributed by atoms with Gasteiger partial charge in [-0.1, -0.05) is 6.07 Å². The van der Waals surface area contributed by atoms with E-state index in [4.69, 9.17) is 0 Å². The van der Waals surface area contributed by atoms with Crippen molar-refractivity contribution in [3.8, 4) is 5.75 Å². The first kappa shape index (κ1) is 15.1. The van der Waals surface area contributed by atoms with Crippen molar-refractivity contribution in [2.45, 2.75) is 19.1 Å². The Morgan fingerprint density at radius 1 is 1.19 bits per heavy atom. The van der Waals surface area contributed by atoms with E-state index in [0.29, 0.717) is 11.3 Å². The first-order valence-corrected chi connectivity index (χ1v) is 6.05. The number of benzene rings is 1. The van der Waals surface area contributed by atoms with Gasteiger partial charge in [-0.2, -0.15) is 13.2 Å². The summed E-state index contributed by atoms with van der Waals surface area (Å²) in [6, 6.07) is 5.24. The van der Waals surface area contributed by atoms with Gasteiger partial charge in [-0.25, -0.2) is 9.37 Å². The van der Waals surface area contributed by atoms with Crippen molar-refractivity contribution >= 4 is 5.69 Å². The van der Waals surface area contributed by atoms with Crippen LogP contribution in [0.25, 0.3) is 0 Å². The molecular formula is C14H12F4N2O. The molecule has 1 atom stereocenters. The highest BCUT2D eigenvalue weighted by molar-refractivity contribution is 5.46. The third-order valence-electron chi connectivity index (χ3n) is 2.90. The molecule has 112 valence electrons. The second kappa shape index (κ2) is 5.59. The Kier molecular flexibility index (Phi) is 4.02. The van der Waals surface area contributed by atoms with Crippen molar-refractivity contribution in [1.29, 1.82) is 0 Å². The molecule has 1 unspecified atom stereocenters. The highest BCUT2D eigenvalue weighted by Crippen LogP contribution is 2.30. The number of phenols is 1. The third kappa shape index (κ3) is 3.62. The molecular weight excluding hydrogens is 288 g/mol. The molecule has 2 N–H and O–H groups in total. The van der Waals surface area contributed by atoms with E-state index in [2.05, 4.69) is 10.3 Å². The van der Waals surface area contributed by atoms with Crippen LogP contribution in [0.1, 0.15) is 24.2 Å². The van der Waals surface area contributed by atoms with E-state index in [-0.39, 0.29) is 5.75 Å². The van der Waals surface area contributed by atoms with Gasteiger partial charge < -0.3 is 10.4 Å². The molecule has 0 saturated carbocycles. The fourth-order valence-electron chi connectivity index (χ4n) is 1.86. The number of anilines is 1. The molecule has 3 nitrogen and oxygen atoms in total. The molecule has 0 aliphatic heterocycles. The molecule has 1 aromatic heterocycles. The minimum absolute atomic E-state index is 0.227. The molecule has 0 aliphatic rings. The molecule has 0 radical (unpaired) electrons. The SMILES string of the molecule is CC(Nc1ccc(C(F)(F)F)nc1)c1ccc(F)cc1O. The van der Waals surface area contributed by atoms with Crippen LogP contribution in [0.4, 0.5) is 23.2 Å². The van der Waals surface area contributed by atoms with Crippen LogP contribution in [-0.2, 0) is 6.18 Å². The normalized spacial score (nSPS) is 13.0. The predicted molar refractivity (Wildman–Crippen MR) is 69.3 cm³/mol. The van der Waals surface area contributed by atoms with Crippen LogP contribution >= 0.6 is 0 Å². The van der Waals surface area contributed by atoms with Crippen LogP contribution in [0.2, 0.25) is 0 Å². The molecule has 0 aliphatic carbocycles. The van der Waals surface area contributed by atoms with Gasteiger partial charge >= 0.3 is 6.18 Å². The number of halogens is 4. The van der Waals surface area contributed by atoms with Gasteiger partial charge in [0, 0.05) is 11.6 Å². The number of aromatic hydroxyl groups is 1. The summed E-state index contributed by atoms with van der Waals surface area (Å²) in [6.07, 6.45) is -3.43. The van der Waals surface area contributed by atoms with E-state index in [1.165, 1.54) is 18.2 Å². The van der Waals surface area contributed by atoms with E-state index in [1.54, 1.807) is 6.92 Å². The van der Waals surface area contributed by atoms with Gasteiger partial charge in [0.05, 0.1) is 17.9 Å². The Hall–Kier alpha value is -2.31. The van der Waals surface area contributed by atoms with Gasteiger partial charge in [0.2, 0.25) is 0 Å². The minimum atomic E-state index is -4.49. The summed E-state index contributed by atoms with van der Waals surface area (Å²) >= 11 is 0. The van der Waals surface area contributed by atoms with Crippen molar-refractivity contribution in [3.63, 3.8) is 0 Å². The zero-order valence-electron chi connectivity index (χ0n) is 10.9. The number of aromatic nitrogens is 1. The maximum Gasteiger partial charge on any atom is 0.433 e. The Bertz CT molecular complexity index is 626. The van der Waals surface area contributed by atoms with Crippen molar-refractivity contribution in [1.82, 2.24) is 4.98 Å². The maximum absolute atomic E-state index is 12.9. The Morgan fingerprint density at radius 3 is 2.43 bits per heavy atom. The molecule has 1 heterocycles. The lowest BCUT2D eigenvalue weighted by molar-refractivity contribution is -0.141. The summed E-state index contributed by atoms with van der Waals surface area (Å²) < 4.78 is 50.1. The molecule has 2 aromatic rings. The Balaban J connectivity index is 2.14. The summed E-state index contributed by atoms with van der Waals surface area (Å²) in [5, 5.41) is 12.5. The van der Waals surface area contributed by atoms with E-state index < -0.39 is 23.7 Å². The molecule has 0 bridgehead atoms. The highest BCUT2D eigenvalue weighted by atomic mass is 19.4. The standard InChI is InChI=1S/C14H12F4N2O/c1-8(11-4-2-9(15)6-12(11)21)20-10-3-5-13(19-7-10)14(16,17)18/h2-8,20-21H,1H3. The van der Waals surface area contributed by atoms with Crippen LogP contribution < -0.4 is 5.32 Å². The van der Waals surface area contributed by atoms with Gasteiger partial charge in [0.25, 0.3) is 0 Å². The highest BCUT2D eigenvalue weighted by Gasteiger charge is 2.32. The monoisotopic (exact) mass is 300 g/mol. The van der Waals surface area contributed by atoms with Crippen molar-refractivity contribution in [2.24, 2.45) is 0 Å². The molecule has 7 heteroatoms. The third-order valence-corrected chi connectivity index (χ3v) is 2.90. The summed E-state index contributed by atoms with van der Waals surface area (Å²) in [5.41, 5.74) is -0.194. The summed E-state index contributed by atoms with van der Waals surface area (Å²) in [7, 11) is 0. The van der Waals surface area contributed by atoms with E-state index in [1.807, 2.05) is 0 Å². The Morgan fingerprint density at radius 2 is 1.90 bits per heavy atom. The van der Waals surface area contributed by atoms with Crippen LogP contribution in [0.3, 0.4) is 0 Å². The van der Waals surface area contributed by atoms with Gasteiger partial charge in [-0.3, -0.25) is 0 Å². The second-order valence-electron chi connectivity index (χ2n) is 4.50. The van der Waals surface area contributed by atoms with E-state index in [9.17, 15) is 22.7 Å². The van der Waals surface area contributed by atoms with Crippen LogP contribution in [-0.4, -0.2) is 10.1 Å². The number of pyridine rings is 1. The van der Waals surface area contributed by atoms with E-state index >= 15 is 0 Å². The topological polar surface area (TPSA) is 45.2 Å². The molecule has 2 rings (SSSR count). The molecule has 0 saturated heterocycles. The van der Waals surface area contributed by atoms with Gasteiger partial charge in [0.1, 0.15) is 17.3 Å². The number of rotatable bonds is 3. The predicted octanol–water partition coefficient (Wildman–Crippen LogP) is 4.12. The molecule has 0 amide bonds. The number of phenolic OH excluding ortho intramolecular Hbond substituents is 1. The zero-order chi connectivity index (χ0) is 15.6. The summed E-state index contributed by atoms with van der Waals surface area (Å²) in [5.74, 6) is -0.797. The molecule has 0 fully saturated rings. The van der Waals surface area contributed by atoms with Crippen molar-refractivity contribution in [3.05, 3.63) is 53.6 Å². The largest absolute Gasteiger partial charge is 0.507 e. The van der Waals surface area contributed by atoms with Gasteiger partial charge in [-0.05, 0) is 25.1 Å². The quantitative estimate of drug-likeness (QED) is 0.838. The zero-order valence-corrected chi connectivity index (χ0v) is 10.9. The average molecular weight is 300 g/mol. The fraction of sp³-hybridized carbons (Fsp3) is 0.214.